The predicted octanol–water partition coefficient (Wildman–Crippen LogP) is 9.58. The fraction of sp³-hybridized carbons (Fsp3) is 0.246. The van der Waals surface area contributed by atoms with E-state index in [2.05, 4.69) is 30.5 Å². The maximum Gasteiger partial charge on any atom is 0.379 e. The minimum absolute atomic E-state index is 0.0105. The van der Waals surface area contributed by atoms with Gasteiger partial charge in [-0.05, 0) is 73.7 Å². The van der Waals surface area contributed by atoms with Gasteiger partial charge < -0.3 is 39.6 Å². The molecule has 8 aromatic rings. The highest BCUT2D eigenvalue weighted by atomic mass is 32.2. The summed E-state index contributed by atoms with van der Waals surface area (Å²) in [6.07, 6.45) is -1.61. The molecule has 0 saturated carbocycles. The van der Waals surface area contributed by atoms with E-state index in [-0.39, 0.29) is 63.3 Å². The lowest BCUT2D eigenvalue weighted by atomic mass is 10.0. The lowest BCUT2D eigenvalue weighted by Gasteiger charge is -2.49. The van der Waals surface area contributed by atoms with Gasteiger partial charge in [-0.3, -0.25) is 14.5 Å². The minimum atomic E-state index is -1.15. The summed E-state index contributed by atoms with van der Waals surface area (Å²) in [7, 11) is 0. The Morgan fingerprint density at radius 3 is 1.98 bits per heavy atom. The van der Waals surface area contributed by atoms with Gasteiger partial charge >= 0.3 is 17.9 Å². The summed E-state index contributed by atoms with van der Waals surface area (Å²) >= 11 is 3.70. The Labute approximate surface area is 494 Å². The quantitative estimate of drug-likeness (QED) is 0.0154. The standard InChI is InChI=1S/C61H55N9O11S3/c1-34-27-44(70-59(63-34)66-51(67-70)57(75)78-49(37-23-15-9-16-24-37)38-25-17-10-18-26-38)82-31-41-32-83-54-46(53(72)69(54)47(41)56(74)77-48(35-19-11-7-12-20-35)36-21-13-8-14-22-36)65-52(71)45(42-33-84-58(62)64-42)68-76-30-40-28-39(55(73)81-60(2,3)4)29-43-50(40)80-61(5,6)79-43/h7-29,33,46,48-49,54H,30-32H2,1-6H3,(H2,62,64)(H,65,71)/b68-45-/t46-,54-/m1/s1. The number of nitrogens with one attached hydrogen (secondary N) is 1. The number of hydrogen-bond acceptors (Lipinski definition) is 20. The van der Waals surface area contributed by atoms with E-state index in [0.717, 1.165) is 22.5 Å². The summed E-state index contributed by atoms with van der Waals surface area (Å²) in [5.74, 6) is -3.72. The van der Waals surface area contributed by atoms with E-state index in [1.54, 1.807) is 47.6 Å². The van der Waals surface area contributed by atoms with Crippen LogP contribution in [-0.2, 0) is 40.0 Å². The van der Waals surface area contributed by atoms with E-state index in [0.29, 0.717) is 38.7 Å². The topological polar surface area (TPSA) is 250 Å². The number of carbonyl (C=O) groups excluding carboxylic acids is 5. The van der Waals surface area contributed by atoms with Crippen LogP contribution in [0.15, 0.2) is 166 Å². The van der Waals surface area contributed by atoms with Gasteiger partial charge in [0.25, 0.3) is 23.4 Å². The van der Waals surface area contributed by atoms with Gasteiger partial charge in [0.15, 0.2) is 34.6 Å². The molecule has 0 radical (unpaired) electrons. The first-order chi connectivity index (χ1) is 40.4. The van der Waals surface area contributed by atoms with Crippen LogP contribution in [0, 0.1) is 6.92 Å². The zero-order valence-electron chi connectivity index (χ0n) is 46.2. The second-order valence-electron chi connectivity index (χ2n) is 21.1. The molecule has 0 aliphatic carbocycles. The molecule has 0 bridgehead atoms. The van der Waals surface area contributed by atoms with Gasteiger partial charge in [-0.25, -0.2) is 24.4 Å². The molecular formula is C61H55N9O11S3. The minimum Gasteiger partial charge on any atom is -0.456 e. The van der Waals surface area contributed by atoms with Crippen molar-refractivity contribution >= 4 is 81.2 Å². The summed E-state index contributed by atoms with van der Waals surface area (Å²) in [5, 5.41) is 13.1. The summed E-state index contributed by atoms with van der Waals surface area (Å²) in [6, 6.07) is 41.0. The van der Waals surface area contributed by atoms with E-state index >= 15 is 4.79 Å². The molecule has 2 amide bonds. The van der Waals surface area contributed by atoms with Crippen LogP contribution < -0.4 is 20.5 Å². The number of benzene rings is 5. The monoisotopic (exact) mass is 1190 g/mol. The molecule has 0 unspecified atom stereocenters. The van der Waals surface area contributed by atoms with Crippen molar-refractivity contribution < 1.29 is 52.5 Å². The number of aromatic nitrogens is 5. The number of thiazole rings is 1. The number of rotatable bonds is 18. The number of nitrogens with two attached hydrogens (primary N) is 1. The molecule has 3 aromatic heterocycles. The van der Waals surface area contributed by atoms with E-state index in [1.807, 2.05) is 121 Å². The van der Waals surface area contributed by atoms with Crippen LogP contribution in [0.2, 0.25) is 0 Å². The number of nitrogen functional groups attached to an aromatic ring is 1. The molecule has 23 heteroatoms. The molecule has 11 rings (SSSR count). The first-order valence-corrected chi connectivity index (χ1v) is 29.4. The fourth-order valence-electron chi connectivity index (χ4n) is 9.50. The summed E-state index contributed by atoms with van der Waals surface area (Å²) in [4.78, 5) is 92.1. The van der Waals surface area contributed by atoms with Crippen LogP contribution in [0.4, 0.5) is 5.13 Å². The third-order valence-electron chi connectivity index (χ3n) is 13.2. The summed E-state index contributed by atoms with van der Waals surface area (Å²) in [6.45, 7) is 10.2. The second-order valence-corrected chi connectivity index (χ2v) is 24.0. The van der Waals surface area contributed by atoms with Crippen molar-refractivity contribution in [1.82, 2.24) is 34.8 Å². The zero-order valence-corrected chi connectivity index (χ0v) is 48.7. The molecule has 428 valence electrons. The maximum absolute atomic E-state index is 15.1. The van der Waals surface area contributed by atoms with Crippen molar-refractivity contribution in [2.24, 2.45) is 5.16 Å². The van der Waals surface area contributed by atoms with Crippen molar-refractivity contribution in [3.63, 3.8) is 0 Å². The van der Waals surface area contributed by atoms with Crippen LogP contribution in [0.3, 0.4) is 0 Å². The van der Waals surface area contributed by atoms with Gasteiger partial charge in [-0.15, -0.1) is 40.0 Å². The number of nitrogens with zero attached hydrogens (tertiary/aromatic N) is 7. The van der Waals surface area contributed by atoms with Crippen molar-refractivity contribution in [3.8, 4) is 11.5 Å². The Morgan fingerprint density at radius 1 is 0.810 bits per heavy atom. The lowest BCUT2D eigenvalue weighted by Crippen LogP contribution is -2.71. The number of thioether (sulfide) groups is 2. The molecule has 1 saturated heterocycles. The summed E-state index contributed by atoms with van der Waals surface area (Å²) < 4.78 is 31.7. The van der Waals surface area contributed by atoms with E-state index in [1.165, 1.54) is 50.5 Å². The first-order valence-electron chi connectivity index (χ1n) is 26.5. The Morgan fingerprint density at radius 2 is 1.40 bits per heavy atom. The highest BCUT2D eigenvalue weighted by molar-refractivity contribution is 8.01. The highest BCUT2D eigenvalue weighted by Crippen LogP contribution is 2.45. The molecule has 84 heavy (non-hydrogen) atoms. The molecule has 2 atom stereocenters. The molecule has 3 N–H and O–H groups in total. The third kappa shape index (κ3) is 12.3. The first kappa shape index (κ1) is 56.8. The van der Waals surface area contributed by atoms with Crippen LogP contribution in [-0.4, -0.2) is 99.2 Å². The van der Waals surface area contributed by atoms with E-state index in [4.69, 9.17) is 34.3 Å². The Balaban J connectivity index is 0.873. The number of amides is 2. The van der Waals surface area contributed by atoms with Crippen LogP contribution in [0.25, 0.3) is 5.78 Å². The zero-order chi connectivity index (χ0) is 58.9. The normalized spacial score (nSPS) is 16.3. The second kappa shape index (κ2) is 23.7. The highest BCUT2D eigenvalue weighted by Gasteiger charge is 2.55. The van der Waals surface area contributed by atoms with Gasteiger partial charge in [0, 0.05) is 42.0 Å². The predicted molar refractivity (Wildman–Crippen MR) is 314 cm³/mol. The van der Waals surface area contributed by atoms with Crippen molar-refractivity contribution in [2.45, 2.75) is 88.2 Å². The third-order valence-corrected chi connectivity index (χ3v) is 16.3. The van der Waals surface area contributed by atoms with Gasteiger partial charge in [-0.1, -0.05) is 126 Å². The maximum atomic E-state index is 15.1. The number of esters is 3. The lowest BCUT2D eigenvalue weighted by molar-refractivity contribution is -0.154. The van der Waals surface area contributed by atoms with Gasteiger partial charge in [0.1, 0.15) is 40.0 Å². The fourth-order valence-corrected chi connectivity index (χ4v) is 12.6. The Kier molecular flexibility index (Phi) is 16.0. The van der Waals surface area contributed by atoms with Crippen molar-refractivity contribution in [2.75, 3.05) is 17.2 Å². The van der Waals surface area contributed by atoms with E-state index < -0.39 is 64.7 Å². The van der Waals surface area contributed by atoms with Gasteiger partial charge in [0.05, 0.1) is 5.56 Å². The number of oxime groups is 1. The molecule has 3 aliphatic heterocycles. The molecule has 6 heterocycles. The largest absolute Gasteiger partial charge is 0.456 e. The summed E-state index contributed by atoms with van der Waals surface area (Å²) in [5.41, 5.74) is 9.64. The number of fused-ring (bicyclic) bond motifs is 3. The molecule has 1 fully saturated rings. The van der Waals surface area contributed by atoms with E-state index in [9.17, 15) is 19.2 Å². The smallest absolute Gasteiger partial charge is 0.379 e. The van der Waals surface area contributed by atoms with Gasteiger partial charge in [0.2, 0.25) is 5.79 Å². The van der Waals surface area contributed by atoms with Crippen molar-refractivity contribution in [1.29, 1.82) is 0 Å². The Hall–Kier alpha value is -9.06. The number of aryl methyl sites for hydroxylation is 1. The average Bonchev–Trinajstić information content (AvgIpc) is 1.46. The number of carbonyl (C=O) groups is 5. The van der Waals surface area contributed by atoms with Crippen molar-refractivity contribution in [3.05, 3.63) is 207 Å². The SMILES string of the molecule is Cc1cc(SCC2=C(C(=O)OC(c3ccccc3)c3ccccc3)N3C(=O)[C@@H](NC(=O)/C(=N\OCc4cc(C(=O)OC(C)(C)C)cc5c4OC(C)(C)O5)c4csc(N)n4)[C@H]3SC2)n2nc(C(=O)OC(c3ccccc3)c3ccccc3)nc2n1. The molecule has 3 aliphatic rings. The van der Waals surface area contributed by atoms with Gasteiger partial charge in [-0.2, -0.15) is 9.50 Å². The molecule has 0 spiro atoms. The number of β-lactam (4-membered cyclic amide) rings is 1. The molecule has 20 nitrogen and oxygen atoms in total. The average molecular weight is 1190 g/mol. The Bertz CT molecular complexity index is 3810. The van der Waals surface area contributed by atoms with Crippen LogP contribution in [0.1, 0.15) is 107 Å². The number of ether oxygens (including phenoxy) is 5. The number of anilines is 1. The van der Waals surface area contributed by atoms with Crippen LogP contribution >= 0.6 is 34.9 Å². The number of hydrogen-bond donors (Lipinski definition) is 2. The molecule has 5 aromatic carbocycles. The van der Waals surface area contributed by atoms with Crippen LogP contribution in [0.5, 0.6) is 11.5 Å². The molecular weight excluding hydrogens is 1130 g/mol.